The SMILES string of the molecule is CCOc1ccccc1C(=O)NCC1CNCCC1C. The standard InChI is InChI=1S/C16H24N2O2/c1-3-20-15-7-5-4-6-14(15)16(19)18-11-13-10-17-9-8-12(13)2/h4-7,12-13,17H,3,8-11H2,1-2H3,(H,18,19). The Morgan fingerprint density at radius 1 is 1.45 bits per heavy atom. The van der Waals surface area contributed by atoms with Crippen LogP contribution in [0, 0.1) is 11.8 Å². The van der Waals surface area contributed by atoms with Crippen LogP contribution >= 0.6 is 0 Å². The highest BCUT2D eigenvalue weighted by atomic mass is 16.5. The third kappa shape index (κ3) is 3.73. The summed E-state index contributed by atoms with van der Waals surface area (Å²) in [7, 11) is 0. The minimum atomic E-state index is -0.0492. The smallest absolute Gasteiger partial charge is 0.255 e. The van der Waals surface area contributed by atoms with Gasteiger partial charge in [-0.2, -0.15) is 0 Å². The fourth-order valence-electron chi connectivity index (χ4n) is 2.58. The largest absolute Gasteiger partial charge is 0.493 e. The molecule has 4 heteroatoms. The van der Waals surface area contributed by atoms with Gasteiger partial charge in [0.1, 0.15) is 5.75 Å². The maximum atomic E-state index is 12.3. The Hall–Kier alpha value is -1.55. The van der Waals surface area contributed by atoms with Crippen molar-refractivity contribution in [3.05, 3.63) is 29.8 Å². The summed E-state index contributed by atoms with van der Waals surface area (Å²) in [4.78, 5) is 12.3. The Balaban J connectivity index is 1.94. The Morgan fingerprint density at radius 3 is 3.00 bits per heavy atom. The van der Waals surface area contributed by atoms with Crippen LogP contribution in [0.1, 0.15) is 30.6 Å². The molecule has 1 amide bonds. The molecule has 20 heavy (non-hydrogen) atoms. The van der Waals surface area contributed by atoms with Gasteiger partial charge in [0, 0.05) is 6.54 Å². The van der Waals surface area contributed by atoms with Gasteiger partial charge in [0.25, 0.3) is 5.91 Å². The van der Waals surface area contributed by atoms with Crippen molar-refractivity contribution in [2.75, 3.05) is 26.2 Å². The minimum Gasteiger partial charge on any atom is -0.493 e. The zero-order valence-corrected chi connectivity index (χ0v) is 12.3. The molecule has 2 rings (SSSR count). The molecule has 1 saturated heterocycles. The molecule has 0 bridgehead atoms. The van der Waals surface area contributed by atoms with Gasteiger partial charge in [0.05, 0.1) is 12.2 Å². The lowest BCUT2D eigenvalue weighted by atomic mass is 9.88. The summed E-state index contributed by atoms with van der Waals surface area (Å²) in [6, 6.07) is 7.39. The van der Waals surface area contributed by atoms with Crippen molar-refractivity contribution in [1.82, 2.24) is 10.6 Å². The topological polar surface area (TPSA) is 50.4 Å². The Bertz CT molecular complexity index is 448. The van der Waals surface area contributed by atoms with Gasteiger partial charge >= 0.3 is 0 Å². The molecule has 1 aromatic rings. The first-order chi connectivity index (χ1) is 9.72. The second-order valence-corrected chi connectivity index (χ2v) is 5.37. The maximum absolute atomic E-state index is 12.3. The molecule has 2 unspecified atom stereocenters. The molecule has 1 aliphatic rings. The van der Waals surface area contributed by atoms with Crippen LogP contribution in [-0.2, 0) is 0 Å². The average Bonchev–Trinajstić information content (AvgIpc) is 2.47. The van der Waals surface area contributed by atoms with Crippen molar-refractivity contribution < 1.29 is 9.53 Å². The number of para-hydroxylation sites is 1. The van der Waals surface area contributed by atoms with Gasteiger partial charge in [-0.3, -0.25) is 4.79 Å². The number of rotatable bonds is 5. The van der Waals surface area contributed by atoms with Gasteiger partial charge < -0.3 is 15.4 Å². The first-order valence-electron chi connectivity index (χ1n) is 7.43. The number of benzene rings is 1. The van der Waals surface area contributed by atoms with E-state index in [0.717, 1.165) is 13.1 Å². The second kappa shape index (κ2) is 7.29. The molecule has 0 saturated carbocycles. The molecule has 0 spiro atoms. The molecule has 0 aliphatic carbocycles. The number of nitrogens with one attached hydrogen (secondary N) is 2. The van der Waals surface area contributed by atoms with Gasteiger partial charge in [0.15, 0.2) is 0 Å². The monoisotopic (exact) mass is 276 g/mol. The summed E-state index contributed by atoms with van der Waals surface area (Å²) < 4.78 is 5.50. The normalized spacial score (nSPS) is 22.3. The van der Waals surface area contributed by atoms with Gasteiger partial charge in [-0.1, -0.05) is 19.1 Å². The average molecular weight is 276 g/mol. The third-order valence-corrected chi connectivity index (χ3v) is 3.94. The summed E-state index contributed by atoms with van der Waals surface area (Å²) in [5, 5.41) is 6.42. The first kappa shape index (κ1) is 14.9. The van der Waals surface area contributed by atoms with Gasteiger partial charge in [-0.25, -0.2) is 0 Å². The lowest BCUT2D eigenvalue weighted by molar-refractivity contribution is 0.0935. The molecule has 4 nitrogen and oxygen atoms in total. The van der Waals surface area contributed by atoms with Crippen LogP contribution < -0.4 is 15.4 Å². The van der Waals surface area contributed by atoms with E-state index >= 15 is 0 Å². The van der Waals surface area contributed by atoms with E-state index < -0.39 is 0 Å². The summed E-state index contributed by atoms with van der Waals surface area (Å²) in [6.07, 6.45) is 1.18. The second-order valence-electron chi connectivity index (χ2n) is 5.37. The van der Waals surface area contributed by atoms with Gasteiger partial charge in [0.2, 0.25) is 0 Å². The summed E-state index contributed by atoms with van der Waals surface area (Å²) in [5.41, 5.74) is 0.616. The molecule has 0 aromatic heterocycles. The zero-order chi connectivity index (χ0) is 14.4. The minimum absolute atomic E-state index is 0.0492. The number of carbonyl (C=O) groups excluding carboxylic acids is 1. The van der Waals surface area contributed by atoms with Crippen molar-refractivity contribution in [2.24, 2.45) is 11.8 Å². The molecule has 1 heterocycles. The number of hydrogen-bond acceptors (Lipinski definition) is 3. The van der Waals surface area contributed by atoms with E-state index in [9.17, 15) is 4.79 Å². The van der Waals surface area contributed by atoms with E-state index in [1.165, 1.54) is 6.42 Å². The van der Waals surface area contributed by atoms with Gasteiger partial charge in [-0.15, -0.1) is 0 Å². The molecule has 2 atom stereocenters. The van der Waals surface area contributed by atoms with Crippen LogP contribution in [0.5, 0.6) is 5.75 Å². The lowest BCUT2D eigenvalue weighted by Crippen LogP contribution is -2.42. The molecule has 0 radical (unpaired) electrons. The van der Waals surface area contributed by atoms with Crippen molar-refractivity contribution in [1.29, 1.82) is 0 Å². The Kier molecular flexibility index (Phi) is 5.41. The fraction of sp³-hybridized carbons (Fsp3) is 0.562. The molecule has 110 valence electrons. The van der Waals surface area contributed by atoms with Crippen molar-refractivity contribution >= 4 is 5.91 Å². The number of piperidine rings is 1. The molecular formula is C16H24N2O2. The van der Waals surface area contributed by atoms with Crippen LogP contribution in [0.25, 0.3) is 0 Å². The predicted octanol–water partition coefficient (Wildman–Crippen LogP) is 2.06. The van der Waals surface area contributed by atoms with Crippen LogP contribution in [0.15, 0.2) is 24.3 Å². The van der Waals surface area contributed by atoms with Gasteiger partial charge in [-0.05, 0) is 50.4 Å². The van der Waals surface area contributed by atoms with E-state index in [1.54, 1.807) is 0 Å². The quantitative estimate of drug-likeness (QED) is 0.865. The highest BCUT2D eigenvalue weighted by Gasteiger charge is 2.22. The molecule has 1 aromatic carbocycles. The Labute approximate surface area is 120 Å². The van der Waals surface area contributed by atoms with E-state index in [1.807, 2.05) is 31.2 Å². The summed E-state index contributed by atoms with van der Waals surface area (Å²) in [6.45, 7) is 7.52. The molecular weight excluding hydrogens is 252 g/mol. The molecule has 2 N–H and O–H groups in total. The predicted molar refractivity (Wildman–Crippen MR) is 80.1 cm³/mol. The van der Waals surface area contributed by atoms with E-state index in [2.05, 4.69) is 17.6 Å². The van der Waals surface area contributed by atoms with E-state index in [-0.39, 0.29) is 5.91 Å². The number of hydrogen-bond donors (Lipinski definition) is 2. The Morgan fingerprint density at radius 2 is 2.25 bits per heavy atom. The van der Waals surface area contributed by atoms with E-state index in [0.29, 0.717) is 36.3 Å². The number of ether oxygens (including phenoxy) is 1. The molecule has 1 aliphatic heterocycles. The van der Waals surface area contributed by atoms with Crippen LogP contribution in [-0.4, -0.2) is 32.1 Å². The van der Waals surface area contributed by atoms with E-state index in [4.69, 9.17) is 4.74 Å². The summed E-state index contributed by atoms with van der Waals surface area (Å²) >= 11 is 0. The third-order valence-electron chi connectivity index (χ3n) is 3.94. The zero-order valence-electron chi connectivity index (χ0n) is 12.3. The van der Waals surface area contributed by atoms with Crippen LogP contribution in [0.2, 0.25) is 0 Å². The van der Waals surface area contributed by atoms with Crippen molar-refractivity contribution in [3.63, 3.8) is 0 Å². The van der Waals surface area contributed by atoms with Crippen LogP contribution in [0.3, 0.4) is 0 Å². The lowest BCUT2D eigenvalue weighted by Gasteiger charge is -2.29. The highest BCUT2D eigenvalue weighted by Crippen LogP contribution is 2.20. The first-order valence-corrected chi connectivity index (χ1v) is 7.43. The number of amides is 1. The highest BCUT2D eigenvalue weighted by molar-refractivity contribution is 5.96. The fourth-order valence-corrected chi connectivity index (χ4v) is 2.58. The van der Waals surface area contributed by atoms with Crippen LogP contribution in [0.4, 0.5) is 0 Å². The van der Waals surface area contributed by atoms with Crippen molar-refractivity contribution in [2.45, 2.75) is 20.3 Å². The molecule has 1 fully saturated rings. The maximum Gasteiger partial charge on any atom is 0.255 e. The summed E-state index contributed by atoms with van der Waals surface area (Å²) in [5.74, 6) is 1.76. The van der Waals surface area contributed by atoms with Crippen molar-refractivity contribution in [3.8, 4) is 5.75 Å². The number of carbonyl (C=O) groups is 1.